The highest BCUT2D eigenvalue weighted by molar-refractivity contribution is 7.89. The summed E-state index contributed by atoms with van der Waals surface area (Å²) in [7, 11) is -4.03. The topological polar surface area (TPSA) is 98.5 Å². The molecular weight excluding hydrogens is 323 g/mol. The molecule has 0 saturated carbocycles. The number of hydrogen-bond donors (Lipinski definition) is 2. The predicted molar refractivity (Wildman–Crippen MR) is 85.0 cm³/mol. The van der Waals surface area contributed by atoms with Crippen molar-refractivity contribution >= 4 is 16.0 Å². The van der Waals surface area contributed by atoms with Gasteiger partial charge >= 0.3 is 5.97 Å². The van der Waals surface area contributed by atoms with Crippen LogP contribution in [0.3, 0.4) is 0 Å². The van der Waals surface area contributed by atoms with Gasteiger partial charge in [0.25, 0.3) is 0 Å². The normalized spacial score (nSPS) is 12.2. The smallest absolute Gasteiger partial charge is 0.338 e. The second-order valence-electron chi connectivity index (χ2n) is 5.19. The van der Waals surface area contributed by atoms with Crippen LogP contribution in [-0.2, 0) is 14.8 Å². The van der Waals surface area contributed by atoms with E-state index in [-0.39, 0.29) is 23.6 Å². The van der Waals surface area contributed by atoms with Crippen molar-refractivity contribution < 1.29 is 22.3 Å². The van der Waals surface area contributed by atoms with Crippen molar-refractivity contribution in [1.82, 2.24) is 4.72 Å². The Kier molecular flexibility index (Phi) is 6.67. The first kappa shape index (κ1) is 19.5. The van der Waals surface area contributed by atoms with Crippen molar-refractivity contribution in [2.45, 2.75) is 44.0 Å². The van der Waals surface area contributed by atoms with Crippen molar-refractivity contribution in [2.24, 2.45) is 5.73 Å². The van der Waals surface area contributed by atoms with Gasteiger partial charge in [0.1, 0.15) is 5.82 Å². The van der Waals surface area contributed by atoms with E-state index in [9.17, 15) is 17.6 Å². The first-order chi connectivity index (χ1) is 10.7. The van der Waals surface area contributed by atoms with Gasteiger partial charge in [-0.2, -0.15) is 0 Å². The molecule has 0 aliphatic heterocycles. The molecule has 23 heavy (non-hydrogen) atoms. The van der Waals surface area contributed by atoms with Crippen LogP contribution in [0.4, 0.5) is 4.39 Å². The molecule has 0 aromatic heterocycles. The molecule has 1 aromatic rings. The quantitative estimate of drug-likeness (QED) is 0.699. The molecule has 0 saturated heterocycles. The zero-order valence-corrected chi connectivity index (χ0v) is 14.4. The maximum Gasteiger partial charge on any atom is 0.338 e. The fourth-order valence-electron chi connectivity index (χ4n) is 2.12. The summed E-state index contributed by atoms with van der Waals surface area (Å²) in [6, 6.07) is 2.89. The molecule has 3 N–H and O–H groups in total. The number of halogens is 1. The molecule has 130 valence electrons. The van der Waals surface area contributed by atoms with E-state index in [1.54, 1.807) is 6.92 Å². The summed E-state index contributed by atoms with van der Waals surface area (Å²) in [5.41, 5.74) is 4.72. The van der Waals surface area contributed by atoms with Gasteiger partial charge in [0.2, 0.25) is 10.0 Å². The van der Waals surface area contributed by atoms with Crippen LogP contribution in [0.2, 0.25) is 0 Å². The van der Waals surface area contributed by atoms with Crippen LogP contribution in [0.15, 0.2) is 23.1 Å². The molecule has 6 nitrogen and oxygen atoms in total. The average molecular weight is 346 g/mol. The molecular formula is C15H23FN2O4S. The Morgan fingerprint density at radius 2 is 1.87 bits per heavy atom. The lowest BCUT2D eigenvalue weighted by Crippen LogP contribution is -2.52. The van der Waals surface area contributed by atoms with E-state index < -0.39 is 27.3 Å². The molecule has 0 bridgehead atoms. The standard InChI is InChI=1S/C15H23FN2O4S/c1-4-15(5-2,10-17)18-23(20,21)13-8-11(7-12(16)9-13)14(19)22-6-3/h7-9,18H,4-6,10,17H2,1-3H3. The highest BCUT2D eigenvalue weighted by Gasteiger charge is 2.31. The van der Waals surface area contributed by atoms with Crippen LogP contribution in [0.1, 0.15) is 44.0 Å². The molecule has 0 heterocycles. The molecule has 0 unspecified atom stereocenters. The minimum Gasteiger partial charge on any atom is -0.462 e. The molecule has 1 aromatic carbocycles. The summed E-state index contributed by atoms with van der Waals surface area (Å²) < 4.78 is 46.1. The number of carbonyl (C=O) groups is 1. The van der Waals surface area contributed by atoms with Crippen LogP contribution in [0, 0.1) is 5.82 Å². The second-order valence-corrected chi connectivity index (χ2v) is 6.88. The Labute approximate surface area is 136 Å². The van der Waals surface area contributed by atoms with Crippen LogP contribution >= 0.6 is 0 Å². The number of hydrogen-bond acceptors (Lipinski definition) is 5. The van der Waals surface area contributed by atoms with E-state index in [4.69, 9.17) is 10.5 Å². The zero-order valence-electron chi connectivity index (χ0n) is 13.6. The highest BCUT2D eigenvalue weighted by Crippen LogP contribution is 2.21. The molecule has 0 aliphatic rings. The van der Waals surface area contributed by atoms with Gasteiger partial charge in [-0.3, -0.25) is 0 Å². The third-order valence-electron chi connectivity index (χ3n) is 3.79. The zero-order chi connectivity index (χ0) is 17.7. The molecule has 0 radical (unpaired) electrons. The summed E-state index contributed by atoms with van der Waals surface area (Å²) in [5, 5.41) is 0. The lowest BCUT2D eigenvalue weighted by molar-refractivity contribution is 0.0525. The van der Waals surface area contributed by atoms with Gasteiger partial charge in [0.15, 0.2) is 0 Å². The van der Waals surface area contributed by atoms with E-state index in [1.807, 2.05) is 13.8 Å². The van der Waals surface area contributed by atoms with Crippen LogP contribution in [0.5, 0.6) is 0 Å². The maximum absolute atomic E-state index is 13.7. The van der Waals surface area contributed by atoms with Crippen LogP contribution in [0.25, 0.3) is 0 Å². The van der Waals surface area contributed by atoms with E-state index in [0.29, 0.717) is 12.8 Å². The van der Waals surface area contributed by atoms with Crippen LogP contribution in [-0.4, -0.2) is 33.1 Å². The van der Waals surface area contributed by atoms with Gasteiger partial charge in [0, 0.05) is 12.1 Å². The summed E-state index contributed by atoms with van der Waals surface area (Å²) in [4.78, 5) is 11.4. The monoisotopic (exact) mass is 346 g/mol. The Balaban J connectivity index is 3.25. The van der Waals surface area contributed by atoms with E-state index in [2.05, 4.69) is 4.72 Å². The predicted octanol–water partition coefficient (Wildman–Crippen LogP) is 1.80. The molecule has 0 amide bonds. The largest absolute Gasteiger partial charge is 0.462 e. The van der Waals surface area contributed by atoms with Gasteiger partial charge in [-0.25, -0.2) is 22.3 Å². The maximum atomic E-state index is 13.7. The minimum absolute atomic E-state index is 0.109. The molecule has 1 rings (SSSR count). The Hall–Kier alpha value is -1.51. The Bertz CT molecular complexity index is 649. The summed E-state index contributed by atoms with van der Waals surface area (Å²) >= 11 is 0. The number of nitrogens with one attached hydrogen (secondary N) is 1. The summed E-state index contributed by atoms with van der Waals surface area (Å²) in [5.74, 6) is -1.61. The number of sulfonamides is 1. The van der Waals surface area contributed by atoms with Crippen molar-refractivity contribution in [3.8, 4) is 0 Å². The van der Waals surface area contributed by atoms with Gasteiger partial charge in [-0.15, -0.1) is 0 Å². The van der Waals surface area contributed by atoms with Crippen molar-refractivity contribution in [1.29, 1.82) is 0 Å². The van der Waals surface area contributed by atoms with Crippen molar-refractivity contribution in [3.63, 3.8) is 0 Å². The molecule has 0 spiro atoms. The second kappa shape index (κ2) is 7.85. The molecule has 0 aliphatic carbocycles. The van der Waals surface area contributed by atoms with E-state index in [0.717, 1.165) is 18.2 Å². The first-order valence-corrected chi connectivity index (χ1v) is 8.93. The Morgan fingerprint density at radius 3 is 2.35 bits per heavy atom. The number of ether oxygens (including phenoxy) is 1. The fourth-order valence-corrected chi connectivity index (χ4v) is 3.73. The van der Waals surface area contributed by atoms with Crippen molar-refractivity contribution in [2.75, 3.05) is 13.2 Å². The third-order valence-corrected chi connectivity index (χ3v) is 5.35. The summed E-state index contributed by atoms with van der Waals surface area (Å²) in [6.07, 6.45) is 0.971. The molecule has 0 atom stereocenters. The third kappa shape index (κ3) is 4.73. The number of nitrogens with two attached hydrogens (primary N) is 1. The molecule has 8 heteroatoms. The van der Waals surface area contributed by atoms with Gasteiger partial charge in [-0.05, 0) is 38.0 Å². The highest BCUT2D eigenvalue weighted by atomic mass is 32.2. The number of carbonyl (C=O) groups excluding carboxylic acids is 1. The number of benzene rings is 1. The summed E-state index contributed by atoms with van der Waals surface area (Å²) in [6.45, 7) is 5.45. The van der Waals surface area contributed by atoms with E-state index >= 15 is 0 Å². The van der Waals surface area contributed by atoms with Gasteiger partial charge in [-0.1, -0.05) is 13.8 Å². The van der Waals surface area contributed by atoms with Gasteiger partial charge in [0.05, 0.1) is 17.1 Å². The Morgan fingerprint density at radius 1 is 1.26 bits per heavy atom. The lowest BCUT2D eigenvalue weighted by Gasteiger charge is -2.31. The van der Waals surface area contributed by atoms with Crippen LogP contribution < -0.4 is 10.5 Å². The molecule has 0 fully saturated rings. The number of esters is 1. The first-order valence-electron chi connectivity index (χ1n) is 7.45. The van der Waals surface area contributed by atoms with Crippen molar-refractivity contribution in [3.05, 3.63) is 29.6 Å². The minimum atomic E-state index is -4.03. The fraction of sp³-hybridized carbons (Fsp3) is 0.533. The van der Waals surface area contributed by atoms with E-state index in [1.165, 1.54) is 0 Å². The number of rotatable bonds is 8. The van der Waals surface area contributed by atoms with Gasteiger partial charge < -0.3 is 10.5 Å². The lowest BCUT2D eigenvalue weighted by atomic mass is 9.95. The SMILES string of the molecule is CCOC(=O)c1cc(F)cc(S(=O)(=O)NC(CC)(CC)CN)c1. The average Bonchev–Trinajstić information content (AvgIpc) is 2.52.